The number of aliphatic carboxylic acids is 1. The maximum Gasteiger partial charge on any atom is 0.303 e. The van der Waals surface area contributed by atoms with Crippen LogP contribution in [0.1, 0.15) is 23.4 Å². The van der Waals surface area contributed by atoms with Crippen molar-refractivity contribution in [2.24, 2.45) is 0 Å². The van der Waals surface area contributed by atoms with E-state index >= 15 is 0 Å². The van der Waals surface area contributed by atoms with Gasteiger partial charge in [-0.25, -0.2) is 4.98 Å². The molecule has 0 saturated carbocycles. The van der Waals surface area contributed by atoms with Gasteiger partial charge in [0.15, 0.2) is 0 Å². The van der Waals surface area contributed by atoms with Gasteiger partial charge in [-0.1, -0.05) is 24.3 Å². The molecule has 35 heavy (non-hydrogen) atoms. The lowest BCUT2D eigenvalue weighted by Gasteiger charge is -2.26. The monoisotopic (exact) mass is 480 g/mol. The smallest absolute Gasteiger partial charge is 0.303 e. The topological polar surface area (TPSA) is 94.3 Å². The molecule has 1 N–H and O–H groups in total. The molecule has 1 aromatic heterocycles. The third-order valence-corrected chi connectivity index (χ3v) is 5.94. The summed E-state index contributed by atoms with van der Waals surface area (Å²) >= 11 is 0. The molecule has 0 spiro atoms. The van der Waals surface area contributed by atoms with Crippen LogP contribution in [0, 0.1) is 6.92 Å². The largest absolute Gasteiger partial charge is 0.493 e. The number of carbonyl (C=O) groups is 1. The Bertz CT molecular complexity index is 1090. The average molecular weight is 481 g/mol. The fourth-order valence-corrected chi connectivity index (χ4v) is 3.95. The van der Waals surface area contributed by atoms with Gasteiger partial charge in [-0.05, 0) is 37.1 Å². The summed E-state index contributed by atoms with van der Waals surface area (Å²) in [7, 11) is 0. The number of hydrogen-bond donors (Lipinski definition) is 1. The van der Waals surface area contributed by atoms with Crippen LogP contribution < -0.4 is 9.47 Å². The first kappa shape index (κ1) is 24.8. The summed E-state index contributed by atoms with van der Waals surface area (Å²) in [5.41, 5.74) is 2.67. The molecule has 1 saturated heterocycles. The van der Waals surface area contributed by atoms with Gasteiger partial charge in [0.05, 0.1) is 25.5 Å². The van der Waals surface area contributed by atoms with Gasteiger partial charge in [0.25, 0.3) is 0 Å². The average Bonchev–Trinajstić information content (AvgIpc) is 3.25. The molecule has 186 valence electrons. The Morgan fingerprint density at radius 1 is 1.06 bits per heavy atom. The fourth-order valence-electron chi connectivity index (χ4n) is 3.95. The quantitative estimate of drug-likeness (QED) is 0.416. The van der Waals surface area contributed by atoms with Crippen LogP contribution in [0.2, 0.25) is 0 Å². The van der Waals surface area contributed by atoms with Gasteiger partial charge >= 0.3 is 5.97 Å². The number of rotatable bonds is 12. The highest BCUT2D eigenvalue weighted by Gasteiger charge is 2.14. The van der Waals surface area contributed by atoms with Crippen molar-refractivity contribution in [3.63, 3.8) is 0 Å². The van der Waals surface area contributed by atoms with E-state index < -0.39 is 5.97 Å². The Morgan fingerprint density at radius 2 is 1.86 bits per heavy atom. The van der Waals surface area contributed by atoms with Crippen molar-refractivity contribution in [1.82, 2.24) is 9.88 Å². The first-order valence-electron chi connectivity index (χ1n) is 12.0. The number of ether oxygens (including phenoxy) is 3. The predicted molar refractivity (Wildman–Crippen MR) is 131 cm³/mol. The van der Waals surface area contributed by atoms with E-state index in [9.17, 15) is 4.79 Å². The van der Waals surface area contributed by atoms with Crippen molar-refractivity contribution < 1.29 is 28.5 Å². The standard InChI is InChI=1S/C27H32N2O6/c1-20-24(28-27(35-20)22-5-3-2-4-6-22)11-15-33-23-9-7-21(8-10-26(30)31)25(19-23)34-18-14-29-12-16-32-17-13-29/h2-7,9,19H,8,10-18H2,1H3,(H,30,31). The van der Waals surface area contributed by atoms with E-state index in [2.05, 4.69) is 9.88 Å². The predicted octanol–water partition coefficient (Wildman–Crippen LogP) is 4.00. The summed E-state index contributed by atoms with van der Waals surface area (Å²) in [6.45, 7) is 6.93. The zero-order valence-corrected chi connectivity index (χ0v) is 20.1. The minimum Gasteiger partial charge on any atom is -0.493 e. The van der Waals surface area contributed by atoms with Crippen molar-refractivity contribution in [3.8, 4) is 23.0 Å². The Hall–Kier alpha value is -3.36. The summed E-state index contributed by atoms with van der Waals surface area (Å²) in [4.78, 5) is 18.0. The second-order valence-corrected chi connectivity index (χ2v) is 8.45. The van der Waals surface area contributed by atoms with Gasteiger partial charge in [0, 0.05) is 44.1 Å². The molecule has 8 heteroatoms. The lowest BCUT2D eigenvalue weighted by Crippen LogP contribution is -2.38. The highest BCUT2D eigenvalue weighted by atomic mass is 16.5. The SMILES string of the molecule is Cc1oc(-c2ccccc2)nc1CCOc1ccc(CCC(=O)O)c(OCCN2CCOCC2)c1. The molecule has 2 heterocycles. The van der Waals surface area contributed by atoms with Crippen LogP contribution in [-0.2, 0) is 22.4 Å². The van der Waals surface area contributed by atoms with E-state index in [1.165, 1.54) is 0 Å². The molecule has 0 radical (unpaired) electrons. The van der Waals surface area contributed by atoms with Gasteiger partial charge in [0.2, 0.25) is 5.89 Å². The molecule has 1 aliphatic heterocycles. The van der Waals surface area contributed by atoms with E-state index in [0.29, 0.717) is 43.4 Å². The van der Waals surface area contributed by atoms with E-state index in [4.69, 9.17) is 23.7 Å². The number of carboxylic acid groups (broad SMARTS) is 1. The van der Waals surface area contributed by atoms with Crippen LogP contribution in [0.25, 0.3) is 11.5 Å². The summed E-state index contributed by atoms with van der Waals surface area (Å²) in [5, 5.41) is 9.09. The number of carboxylic acids is 1. The maximum atomic E-state index is 11.1. The third kappa shape index (κ3) is 7.31. The lowest BCUT2D eigenvalue weighted by atomic mass is 10.1. The van der Waals surface area contributed by atoms with Crippen LogP contribution in [0.5, 0.6) is 11.5 Å². The summed E-state index contributed by atoms with van der Waals surface area (Å²) in [6, 6.07) is 15.4. The molecule has 0 amide bonds. The van der Waals surface area contributed by atoms with Crippen molar-refractivity contribution in [2.45, 2.75) is 26.2 Å². The van der Waals surface area contributed by atoms with Crippen LogP contribution >= 0.6 is 0 Å². The van der Waals surface area contributed by atoms with Gasteiger partial charge in [-0.3, -0.25) is 9.69 Å². The molecule has 0 bridgehead atoms. The number of aromatic nitrogens is 1. The molecule has 0 unspecified atom stereocenters. The Kier molecular flexibility index (Phi) is 8.75. The lowest BCUT2D eigenvalue weighted by molar-refractivity contribution is -0.136. The zero-order valence-electron chi connectivity index (χ0n) is 20.1. The number of nitrogens with zero attached hydrogens (tertiary/aromatic N) is 2. The zero-order chi connectivity index (χ0) is 24.5. The summed E-state index contributed by atoms with van der Waals surface area (Å²) in [6.07, 6.45) is 1.06. The summed E-state index contributed by atoms with van der Waals surface area (Å²) < 4.78 is 23.3. The van der Waals surface area contributed by atoms with Gasteiger partial charge in [-0.15, -0.1) is 0 Å². The molecule has 2 aromatic carbocycles. The number of aryl methyl sites for hydroxylation is 2. The molecular formula is C27H32N2O6. The Balaban J connectivity index is 1.35. The molecule has 3 aromatic rings. The molecular weight excluding hydrogens is 448 g/mol. The highest BCUT2D eigenvalue weighted by molar-refractivity contribution is 5.67. The Labute approximate surface area is 205 Å². The number of oxazole rings is 1. The Morgan fingerprint density at radius 3 is 2.63 bits per heavy atom. The third-order valence-electron chi connectivity index (χ3n) is 5.94. The normalized spacial score (nSPS) is 14.1. The van der Waals surface area contributed by atoms with Crippen LogP contribution in [0.4, 0.5) is 0 Å². The number of morpholine rings is 1. The minimum atomic E-state index is -0.831. The van der Waals surface area contributed by atoms with E-state index in [-0.39, 0.29) is 6.42 Å². The van der Waals surface area contributed by atoms with Crippen LogP contribution in [-0.4, -0.2) is 67.0 Å². The van der Waals surface area contributed by atoms with Crippen LogP contribution in [0.3, 0.4) is 0 Å². The van der Waals surface area contributed by atoms with Crippen LogP contribution in [0.15, 0.2) is 52.9 Å². The number of benzene rings is 2. The van der Waals surface area contributed by atoms with Crippen molar-refractivity contribution >= 4 is 5.97 Å². The van der Waals surface area contributed by atoms with Gasteiger partial charge < -0.3 is 23.7 Å². The van der Waals surface area contributed by atoms with Crippen molar-refractivity contribution in [2.75, 3.05) is 46.1 Å². The maximum absolute atomic E-state index is 11.1. The minimum absolute atomic E-state index is 0.0508. The first-order valence-corrected chi connectivity index (χ1v) is 12.0. The van der Waals surface area contributed by atoms with Crippen molar-refractivity contribution in [3.05, 3.63) is 65.5 Å². The second kappa shape index (κ2) is 12.4. The van der Waals surface area contributed by atoms with E-state index in [0.717, 1.165) is 55.4 Å². The molecule has 4 rings (SSSR count). The van der Waals surface area contributed by atoms with Gasteiger partial charge in [-0.2, -0.15) is 0 Å². The fraction of sp³-hybridized carbons (Fsp3) is 0.407. The van der Waals surface area contributed by atoms with Crippen molar-refractivity contribution in [1.29, 1.82) is 0 Å². The molecule has 8 nitrogen and oxygen atoms in total. The van der Waals surface area contributed by atoms with Gasteiger partial charge in [0.1, 0.15) is 23.9 Å². The highest BCUT2D eigenvalue weighted by Crippen LogP contribution is 2.27. The molecule has 1 aliphatic rings. The van der Waals surface area contributed by atoms with E-state index in [1.807, 2.05) is 55.5 Å². The molecule has 0 aliphatic carbocycles. The van der Waals surface area contributed by atoms with E-state index in [1.54, 1.807) is 0 Å². The number of hydrogen-bond acceptors (Lipinski definition) is 7. The second-order valence-electron chi connectivity index (χ2n) is 8.45. The molecule has 0 atom stereocenters. The molecule has 1 fully saturated rings. The summed E-state index contributed by atoms with van der Waals surface area (Å²) in [5.74, 6) is 1.90. The first-order chi connectivity index (χ1) is 17.1.